The van der Waals surface area contributed by atoms with Crippen LogP contribution in [0.3, 0.4) is 0 Å². The number of nitrogens with zero attached hydrogens (tertiary/aromatic N) is 2. The number of nitro benzene ring substituents is 1. The molecule has 0 heterocycles. The molecular weight excluding hydrogens is 300 g/mol. The Morgan fingerprint density at radius 3 is 2.74 bits per heavy atom. The van der Waals surface area contributed by atoms with E-state index in [4.69, 9.17) is 5.26 Å². The van der Waals surface area contributed by atoms with Crippen molar-refractivity contribution in [3.05, 3.63) is 46.0 Å². The second kappa shape index (κ2) is 6.83. The molecule has 7 heteroatoms. The number of carbonyl (C=O) groups excluding carboxylic acids is 2. The van der Waals surface area contributed by atoms with E-state index in [1.54, 1.807) is 12.1 Å². The van der Waals surface area contributed by atoms with Gasteiger partial charge in [-0.05, 0) is 18.4 Å². The molecule has 1 aromatic carbocycles. The summed E-state index contributed by atoms with van der Waals surface area (Å²) in [4.78, 5) is 34.5. The Bertz CT molecular complexity index is 732. The average molecular weight is 314 g/mol. The van der Waals surface area contributed by atoms with E-state index >= 15 is 0 Å². The van der Waals surface area contributed by atoms with Gasteiger partial charge in [-0.25, -0.2) is 0 Å². The van der Waals surface area contributed by atoms with Crippen molar-refractivity contribution >= 4 is 23.0 Å². The highest BCUT2D eigenvalue weighted by atomic mass is 16.6. The molecule has 0 saturated heterocycles. The van der Waals surface area contributed by atoms with E-state index in [-0.39, 0.29) is 29.0 Å². The largest absolute Gasteiger partial charge is 0.468 e. The van der Waals surface area contributed by atoms with Gasteiger partial charge in [-0.15, -0.1) is 0 Å². The number of nitro groups is 1. The topological polar surface area (TPSA) is 110 Å². The van der Waals surface area contributed by atoms with Crippen LogP contribution in [0.1, 0.15) is 18.4 Å². The van der Waals surface area contributed by atoms with Crippen molar-refractivity contribution in [2.75, 3.05) is 7.11 Å². The molecule has 7 nitrogen and oxygen atoms in total. The minimum atomic E-state index is -1.02. The van der Waals surface area contributed by atoms with Crippen LogP contribution in [0, 0.1) is 33.3 Å². The molecule has 1 aliphatic carbocycles. The van der Waals surface area contributed by atoms with Crippen LogP contribution in [0.15, 0.2) is 30.3 Å². The van der Waals surface area contributed by atoms with Gasteiger partial charge in [0.2, 0.25) is 0 Å². The van der Waals surface area contributed by atoms with Gasteiger partial charge in [0.25, 0.3) is 5.69 Å². The number of methoxy groups -OCH3 is 1. The van der Waals surface area contributed by atoms with Gasteiger partial charge in [-0.2, -0.15) is 5.26 Å². The molecule has 2 rings (SSSR count). The Morgan fingerprint density at radius 1 is 1.48 bits per heavy atom. The summed E-state index contributed by atoms with van der Waals surface area (Å²) in [5, 5.41) is 20.2. The monoisotopic (exact) mass is 314 g/mol. The summed E-state index contributed by atoms with van der Waals surface area (Å²) in [6.07, 6.45) is 1.85. The van der Waals surface area contributed by atoms with Crippen LogP contribution in [-0.4, -0.2) is 23.8 Å². The molecule has 0 fully saturated rings. The second-order valence-electron chi connectivity index (χ2n) is 5.15. The van der Waals surface area contributed by atoms with Crippen LogP contribution < -0.4 is 0 Å². The van der Waals surface area contributed by atoms with E-state index in [1.165, 1.54) is 25.3 Å². The lowest BCUT2D eigenvalue weighted by Gasteiger charge is -2.23. The van der Waals surface area contributed by atoms with Crippen molar-refractivity contribution in [1.29, 1.82) is 5.26 Å². The van der Waals surface area contributed by atoms with E-state index < -0.39 is 22.7 Å². The highest BCUT2D eigenvalue weighted by molar-refractivity contribution is 6.22. The molecule has 0 saturated carbocycles. The third-order valence-electron chi connectivity index (χ3n) is 3.83. The number of hydrogen-bond donors (Lipinski definition) is 0. The number of nitriles is 1. The first-order valence-electron chi connectivity index (χ1n) is 6.94. The van der Waals surface area contributed by atoms with E-state index in [9.17, 15) is 19.7 Å². The van der Waals surface area contributed by atoms with E-state index in [2.05, 4.69) is 4.74 Å². The molecule has 1 aliphatic rings. The Kier molecular flexibility index (Phi) is 4.86. The molecule has 23 heavy (non-hydrogen) atoms. The van der Waals surface area contributed by atoms with Crippen molar-refractivity contribution in [2.24, 2.45) is 11.8 Å². The van der Waals surface area contributed by atoms with Crippen LogP contribution in [0.4, 0.5) is 5.69 Å². The van der Waals surface area contributed by atoms with E-state index in [0.717, 1.165) is 0 Å². The smallest absolute Gasteiger partial charge is 0.323 e. The number of carbonyl (C=O) groups is 2. The lowest BCUT2D eigenvalue weighted by molar-refractivity contribution is -0.385. The van der Waals surface area contributed by atoms with Gasteiger partial charge in [-0.3, -0.25) is 19.7 Å². The predicted molar refractivity (Wildman–Crippen MR) is 79.9 cm³/mol. The van der Waals surface area contributed by atoms with E-state index in [0.29, 0.717) is 6.42 Å². The number of ketones is 1. The summed E-state index contributed by atoms with van der Waals surface area (Å²) in [5.74, 6) is -2.49. The first-order chi connectivity index (χ1) is 11.0. The molecular formula is C16H14N2O5. The average Bonchev–Trinajstić information content (AvgIpc) is 2.55. The number of benzene rings is 1. The van der Waals surface area contributed by atoms with Gasteiger partial charge in [0.15, 0.2) is 5.78 Å². The third-order valence-corrected chi connectivity index (χ3v) is 3.83. The zero-order chi connectivity index (χ0) is 17.0. The molecule has 118 valence electrons. The molecule has 1 aromatic rings. The normalized spacial score (nSPS) is 18.5. The lowest BCUT2D eigenvalue weighted by atomic mass is 9.79. The maximum absolute atomic E-state index is 12.4. The summed E-state index contributed by atoms with van der Waals surface area (Å²) in [6, 6.07) is 7.87. The summed E-state index contributed by atoms with van der Waals surface area (Å²) >= 11 is 0. The third kappa shape index (κ3) is 3.26. The van der Waals surface area contributed by atoms with Crippen molar-refractivity contribution in [3.8, 4) is 6.07 Å². The van der Waals surface area contributed by atoms with Crippen molar-refractivity contribution < 1.29 is 19.2 Å². The number of hydrogen-bond acceptors (Lipinski definition) is 6. The van der Waals surface area contributed by atoms with Crippen LogP contribution in [0.2, 0.25) is 0 Å². The van der Waals surface area contributed by atoms with Gasteiger partial charge >= 0.3 is 5.97 Å². The minimum absolute atomic E-state index is 0.0226. The van der Waals surface area contributed by atoms with E-state index in [1.807, 2.05) is 6.07 Å². The Labute approximate surface area is 132 Å². The molecule has 0 aliphatic heterocycles. The van der Waals surface area contributed by atoms with Crippen molar-refractivity contribution in [2.45, 2.75) is 12.8 Å². The first kappa shape index (κ1) is 16.4. The van der Waals surface area contributed by atoms with Gasteiger partial charge in [0, 0.05) is 18.1 Å². The predicted octanol–water partition coefficient (Wildman–Crippen LogP) is 2.27. The zero-order valence-corrected chi connectivity index (χ0v) is 12.4. The van der Waals surface area contributed by atoms with Crippen LogP contribution in [-0.2, 0) is 14.3 Å². The Balaban J connectivity index is 2.33. The Morgan fingerprint density at radius 2 is 2.17 bits per heavy atom. The lowest BCUT2D eigenvalue weighted by Crippen LogP contribution is -2.28. The number of ether oxygens (including phenoxy) is 1. The molecule has 0 aromatic heterocycles. The summed E-state index contributed by atoms with van der Waals surface area (Å²) in [6.45, 7) is 0. The number of esters is 1. The molecule has 2 atom stereocenters. The van der Waals surface area contributed by atoms with Crippen molar-refractivity contribution in [1.82, 2.24) is 0 Å². The van der Waals surface area contributed by atoms with Gasteiger partial charge in [0.05, 0.1) is 23.7 Å². The quantitative estimate of drug-likeness (QED) is 0.479. The fraction of sp³-hybridized carbons (Fsp3) is 0.312. The van der Waals surface area contributed by atoms with Crippen LogP contribution in [0.25, 0.3) is 5.57 Å². The van der Waals surface area contributed by atoms with Crippen LogP contribution in [0.5, 0.6) is 0 Å². The zero-order valence-electron chi connectivity index (χ0n) is 12.4. The highest BCUT2D eigenvalue weighted by Gasteiger charge is 2.35. The molecule has 0 spiro atoms. The molecule has 0 bridgehead atoms. The summed E-state index contributed by atoms with van der Waals surface area (Å²) < 4.78 is 4.57. The summed E-state index contributed by atoms with van der Waals surface area (Å²) in [7, 11) is 1.19. The fourth-order valence-corrected chi connectivity index (χ4v) is 2.67. The fourth-order valence-electron chi connectivity index (χ4n) is 2.67. The maximum Gasteiger partial charge on any atom is 0.323 e. The van der Waals surface area contributed by atoms with Crippen LogP contribution >= 0.6 is 0 Å². The highest BCUT2D eigenvalue weighted by Crippen LogP contribution is 2.35. The minimum Gasteiger partial charge on any atom is -0.468 e. The first-order valence-corrected chi connectivity index (χ1v) is 6.94. The molecule has 0 N–H and O–H groups in total. The van der Waals surface area contributed by atoms with Gasteiger partial charge in [-0.1, -0.05) is 18.2 Å². The summed E-state index contributed by atoms with van der Waals surface area (Å²) in [5.41, 5.74) is 0.373. The number of rotatable bonds is 4. The number of allylic oxidation sites excluding steroid dienone is 2. The van der Waals surface area contributed by atoms with Gasteiger partial charge in [0.1, 0.15) is 5.92 Å². The molecule has 0 amide bonds. The van der Waals surface area contributed by atoms with Crippen molar-refractivity contribution in [3.63, 3.8) is 0 Å². The number of para-hydroxylation sites is 1. The molecule has 0 radical (unpaired) electrons. The Hall–Kier alpha value is -3.01. The second-order valence-corrected chi connectivity index (χ2v) is 5.15. The maximum atomic E-state index is 12.4. The molecule has 2 unspecified atom stereocenters. The SMILES string of the molecule is COC(=O)C(C#N)C1CC=C(c2ccccc2[N+](=O)[O-])C(=O)C1. The van der Waals surface area contributed by atoms with Gasteiger partial charge < -0.3 is 4.74 Å². The standard InChI is InChI=1S/C16H14N2O5/c1-23-16(20)13(9-17)10-6-7-12(15(19)8-10)11-4-2-3-5-14(11)18(21)22/h2-5,7,10,13H,6,8H2,1H3. The number of Topliss-reactive ketones (excluding diaryl/α,β-unsaturated/α-hetero) is 1.